The van der Waals surface area contributed by atoms with E-state index >= 15 is 0 Å². The molecule has 0 amide bonds. The number of nitrogens with zero attached hydrogens (tertiary/aromatic N) is 2. The van der Waals surface area contributed by atoms with Gasteiger partial charge in [0.05, 0.1) is 16.9 Å². The van der Waals surface area contributed by atoms with Gasteiger partial charge in [0.2, 0.25) is 5.89 Å². The van der Waals surface area contributed by atoms with Crippen LogP contribution < -0.4 is 0 Å². The molecule has 0 aliphatic carbocycles. The first-order valence-corrected chi connectivity index (χ1v) is 8.95. The van der Waals surface area contributed by atoms with E-state index in [0.717, 1.165) is 0 Å². The van der Waals surface area contributed by atoms with E-state index in [4.69, 9.17) is 14.7 Å². The Hall–Kier alpha value is -2.94. The first-order valence-electron chi connectivity index (χ1n) is 7.96. The molecule has 8 nitrogen and oxygen atoms in total. The highest BCUT2D eigenvalue weighted by Crippen LogP contribution is 2.26. The van der Waals surface area contributed by atoms with Gasteiger partial charge in [0.15, 0.2) is 11.6 Å². The molecule has 2 N–H and O–H groups in total. The van der Waals surface area contributed by atoms with Gasteiger partial charge in [0.25, 0.3) is 0 Å². The van der Waals surface area contributed by atoms with E-state index in [1.165, 1.54) is 25.6 Å². The van der Waals surface area contributed by atoms with Crippen molar-refractivity contribution in [2.75, 3.05) is 6.61 Å². The lowest BCUT2D eigenvalue weighted by Gasteiger charge is -2.10. The van der Waals surface area contributed by atoms with E-state index in [1.807, 2.05) is 0 Å². The van der Waals surface area contributed by atoms with Crippen LogP contribution >= 0.6 is 11.8 Å². The molecule has 0 spiro atoms. The van der Waals surface area contributed by atoms with Crippen molar-refractivity contribution < 1.29 is 24.0 Å². The number of ether oxygens (including phenoxy) is 1. The van der Waals surface area contributed by atoms with E-state index < -0.39 is 24.1 Å². The van der Waals surface area contributed by atoms with E-state index in [9.17, 15) is 14.7 Å². The van der Waals surface area contributed by atoms with Gasteiger partial charge in [0, 0.05) is 10.6 Å². The van der Waals surface area contributed by atoms with Gasteiger partial charge in [0.1, 0.15) is 12.4 Å². The van der Waals surface area contributed by atoms with Crippen molar-refractivity contribution in [3.05, 3.63) is 52.9 Å². The van der Waals surface area contributed by atoms with Crippen LogP contribution in [0.25, 0.3) is 0 Å². The monoisotopic (exact) mass is 389 g/mol. The molecule has 9 heteroatoms. The second-order valence-electron chi connectivity index (χ2n) is 5.60. The Kier molecular flexibility index (Phi) is 6.89. The molecular formula is C18H19N3O5S. The zero-order valence-electron chi connectivity index (χ0n) is 15.1. The number of aromatic nitrogens is 2. The summed E-state index contributed by atoms with van der Waals surface area (Å²) < 4.78 is 10.2. The summed E-state index contributed by atoms with van der Waals surface area (Å²) in [6.07, 6.45) is 0. The zero-order chi connectivity index (χ0) is 20.0. The van der Waals surface area contributed by atoms with Crippen LogP contribution in [0.5, 0.6) is 0 Å². The van der Waals surface area contributed by atoms with Gasteiger partial charge in [-0.25, -0.2) is 4.79 Å². The summed E-state index contributed by atoms with van der Waals surface area (Å²) in [6.45, 7) is 3.83. The maximum Gasteiger partial charge on any atom is 0.339 e. The van der Waals surface area contributed by atoms with Crippen LogP contribution in [-0.2, 0) is 15.3 Å². The Morgan fingerprint density at radius 3 is 2.59 bits per heavy atom. The summed E-state index contributed by atoms with van der Waals surface area (Å²) in [4.78, 5) is 28.6. The minimum Gasteiger partial charge on any atom is -0.508 e. The van der Waals surface area contributed by atoms with Crippen LogP contribution in [0.3, 0.4) is 0 Å². The quantitative estimate of drug-likeness (QED) is 0.232. The minimum absolute atomic E-state index is 0.0955. The van der Waals surface area contributed by atoms with Gasteiger partial charge < -0.3 is 19.8 Å². The Bertz CT molecular complexity index is 888. The van der Waals surface area contributed by atoms with Crippen molar-refractivity contribution in [1.82, 2.24) is 10.1 Å². The molecule has 2 aromatic rings. The van der Waals surface area contributed by atoms with Crippen molar-refractivity contribution >= 4 is 29.2 Å². The number of esters is 1. The highest BCUT2D eigenvalue weighted by atomic mass is 32.2. The molecule has 0 radical (unpaired) electrons. The lowest BCUT2D eigenvalue weighted by molar-refractivity contribution is -0.113. The number of nitrogens with one attached hydrogen (secondary N) is 1. The number of carbonyl (C=O) groups is 2. The van der Waals surface area contributed by atoms with E-state index in [0.29, 0.717) is 27.9 Å². The average Bonchev–Trinajstić information content (AvgIpc) is 3.03. The molecule has 2 rings (SSSR count). The zero-order valence-corrected chi connectivity index (χ0v) is 15.9. The van der Waals surface area contributed by atoms with Crippen molar-refractivity contribution in [3.8, 4) is 0 Å². The molecule has 0 atom stereocenters. The molecule has 27 heavy (non-hydrogen) atoms. The molecular weight excluding hydrogens is 370 g/mol. The van der Waals surface area contributed by atoms with Gasteiger partial charge in [-0.3, -0.25) is 4.79 Å². The molecule has 0 aliphatic rings. The minimum atomic E-state index is -0.656. The van der Waals surface area contributed by atoms with Crippen molar-refractivity contribution in [1.29, 1.82) is 5.41 Å². The number of hydrogen-bond donors (Lipinski definition) is 2. The second-order valence-corrected chi connectivity index (χ2v) is 6.62. The number of allylic oxidation sites excluding steroid dienone is 1. The predicted octanol–water partition coefficient (Wildman–Crippen LogP) is 3.27. The predicted molar refractivity (Wildman–Crippen MR) is 99.1 cm³/mol. The topological polar surface area (TPSA) is 126 Å². The summed E-state index contributed by atoms with van der Waals surface area (Å²) in [5.41, 5.74) is 0.0570. The number of rotatable bonds is 8. The van der Waals surface area contributed by atoms with Crippen LogP contribution in [0.1, 0.15) is 35.9 Å². The molecule has 0 saturated carbocycles. The Balaban J connectivity index is 2.09. The summed E-state index contributed by atoms with van der Waals surface area (Å²) in [7, 11) is 0. The fraction of sp³-hybridized carbons (Fsp3) is 0.278. The molecule has 0 unspecified atom stereocenters. The Morgan fingerprint density at radius 2 is 2.00 bits per heavy atom. The third kappa shape index (κ3) is 5.52. The van der Waals surface area contributed by atoms with Gasteiger partial charge in [-0.15, -0.1) is 11.8 Å². The second kappa shape index (κ2) is 9.13. The third-order valence-electron chi connectivity index (χ3n) is 3.38. The molecule has 0 fully saturated rings. The van der Waals surface area contributed by atoms with Gasteiger partial charge in [-0.05, 0) is 32.9 Å². The normalized spacial score (nSPS) is 11.7. The number of Topliss-reactive ketones (excluding diaryl/α,β-unsaturated/α-hetero) is 1. The SMILES string of the molecule is CC(=N)/C(C(C)=O)=C(/O)COC(=O)c1ccccc1SCc1nc(C)no1. The average molecular weight is 389 g/mol. The first kappa shape index (κ1) is 20.4. The lowest BCUT2D eigenvalue weighted by atomic mass is 10.1. The maximum absolute atomic E-state index is 12.4. The lowest BCUT2D eigenvalue weighted by Crippen LogP contribution is -2.15. The van der Waals surface area contributed by atoms with E-state index in [1.54, 1.807) is 31.2 Å². The first-order chi connectivity index (χ1) is 12.8. The molecule has 1 aromatic carbocycles. The number of aliphatic hydroxyl groups excluding tert-OH is 1. The number of aryl methyl sites for hydroxylation is 1. The van der Waals surface area contributed by atoms with Crippen molar-refractivity contribution in [2.45, 2.75) is 31.4 Å². The van der Waals surface area contributed by atoms with Crippen LogP contribution in [0, 0.1) is 12.3 Å². The number of carbonyl (C=O) groups excluding carboxylic acids is 2. The summed E-state index contributed by atoms with van der Waals surface area (Å²) in [5.74, 6) is -0.219. The smallest absolute Gasteiger partial charge is 0.339 e. The standard InChI is InChI=1S/C18H19N3O5S/c1-10(19)17(11(2)22)14(23)8-25-18(24)13-6-4-5-7-15(13)27-9-16-20-12(3)21-26-16/h4-7,19,23H,8-9H2,1-3H3/b17-14-,19-10?. The third-order valence-corrected chi connectivity index (χ3v) is 4.44. The Morgan fingerprint density at radius 1 is 1.30 bits per heavy atom. The number of ketones is 1. The number of benzene rings is 1. The maximum atomic E-state index is 12.4. The number of hydrogen-bond acceptors (Lipinski definition) is 9. The molecule has 0 aliphatic heterocycles. The highest BCUT2D eigenvalue weighted by Gasteiger charge is 2.18. The molecule has 1 heterocycles. The molecule has 0 bridgehead atoms. The van der Waals surface area contributed by atoms with Crippen molar-refractivity contribution in [3.63, 3.8) is 0 Å². The van der Waals surface area contributed by atoms with Crippen LogP contribution in [0.4, 0.5) is 0 Å². The number of aliphatic hydroxyl groups is 1. The summed E-state index contributed by atoms with van der Waals surface area (Å²) >= 11 is 1.33. The molecule has 142 valence electrons. The van der Waals surface area contributed by atoms with Crippen LogP contribution in [0.15, 0.2) is 45.0 Å². The number of thioether (sulfide) groups is 1. The van der Waals surface area contributed by atoms with Gasteiger partial charge in [-0.2, -0.15) is 4.98 Å². The fourth-order valence-corrected chi connectivity index (χ4v) is 3.14. The van der Waals surface area contributed by atoms with E-state index in [2.05, 4.69) is 10.1 Å². The highest BCUT2D eigenvalue weighted by molar-refractivity contribution is 7.98. The van der Waals surface area contributed by atoms with Crippen LogP contribution in [0.2, 0.25) is 0 Å². The van der Waals surface area contributed by atoms with E-state index in [-0.39, 0.29) is 11.3 Å². The van der Waals surface area contributed by atoms with Gasteiger partial charge in [-0.1, -0.05) is 17.3 Å². The Labute approximate surface area is 160 Å². The fourth-order valence-electron chi connectivity index (χ4n) is 2.27. The molecule has 1 aromatic heterocycles. The van der Waals surface area contributed by atoms with Crippen LogP contribution in [-0.4, -0.2) is 39.3 Å². The largest absolute Gasteiger partial charge is 0.508 e. The van der Waals surface area contributed by atoms with Gasteiger partial charge >= 0.3 is 5.97 Å². The summed E-state index contributed by atoms with van der Waals surface area (Å²) in [5, 5.41) is 21.2. The summed E-state index contributed by atoms with van der Waals surface area (Å²) in [6, 6.07) is 6.82. The van der Waals surface area contributed by atoms with Crippen molar-refractivity contribution in [2.24, 2.45) is 0 Å². The molecule has 0 saturated heterocycles.